The second-order valence-electron chi connectivity index (χ2n) is 11.6. The number of benzene rings is 4. The molecule has 52 heavy (non-hydrogen) atoms. The molecule has 0 aliphatic carbocycles. The number of hydrogen-bond acceptors (Lipinski definition) is 11. The predicted octanol–water partition coefficient (Wildman–Crippen LogP) is 6.52. The van der Waals surface area contributed by atoms with Crippen LogP contribution in [0.5, 0.6) is 0 Å². The molecule has 0 amide bonds. The monoisotopic (exact) mass is 708 g/mol. The third kappa shape index (κ3) is 8.78. The van der Waals surface area contributed by atoms with Crippen LogP contribution in [-0.2, 0) is 41.7 Å². The number of hydrogen-bond donors (Lipinski definition) is 0. The van der Waals surface area contributed by atoms with Gasteiger partial charge in [-0.25, -0.2) is 23.6 Å². The number of carbonyl (C=O) groups is 4. The molecule has 0 bridgehead atoms. The fraction of sp³-hybridized carbons (Fsp3) is 0.200. The van der Waals surface area contributed by atoms with Crippen LogP contribution < -0.4 is 0 Å². The Morgan fingerprint density at radius 2 is 0.962 bits per heavy atom. The molecule has 12 heteroatoms. The van der Waals surface area contributed by atoms with E-state index >= 15 is 0 Å². The molecule has 1 saturated heterocycles. The van der Waals surface area contributed by atoms with E-state index in [-0.39, 0.29) is 34.4 Å². The summed E-state index contributed by atoms with van der Waals surface area (Å²) in [6, 6.07) is 32.2. The van der Waals surface area contributed by atoms with Crippen molar-refractivity contribution < 1.29 is 56.4 Å². The zero-order valence-corrected chi connectivity index (χ0v) is 27.6. The Hall–Kier alpha value is -6.11. The molecular weight excluding hydrogens is 675 g/mol. The lowest BCUT2D eigenvalue weighted by atomic mass is 9.97. The summed E-state index contributed by atoms with van der Waals surface area (Å²) in [5.41, 5.74) is 1.24. The quantitative estimate of drug-likeness (QED) is 0.0976. The van der Waals surface area contributed by atoms with Crippen molar-refractivity contribution in [3.63, 3.8) is 0 Å². The van der Waals surface area contributed by atoms with Crippen molar-refractivity contribution >= 4 is 23.9 Å². The maximum absolute atomic E-state index is 13.7. The zero-order chi connectivity index (χ0) is 36.3. The highest BCUT2D eigenvalue weighted by atomic mass is 19.1. The normalized spacial score (nSPS) is 19.6. The van der Waals surface area contributed by atoms with Crippen LogP contribution in [0, 0.1) is 0 Å². The van der Waals surface area contributed by atoms with E-state index in [2.05, 4.69) is 0 Å². The minimum Gasteiger partial charge on any atom is -0.472 e. The van der Waals surface area contributed by atoms with Crippen LogP contribution in [0.2, 0.25) is 0 Å². The van der Waals surface area contributed by atoms with Crippen LogP contribution in [-0.4, -0.2) is 61.2 Å². The second-order valence-corrected chi connectivity index (χ2v) is 11.6. The van der Waals surface area contributed by atoms with E-state index in [9.17, 15) is 23.6 Å². The van der Waals surface area contributed by atoms with Crippen molar-refractivity contribution in [3.05, 3.63) is 167 Å². The standard InChI is InChI=1S/C40H33FO11/c41-21-30-22-46-23-31(30)24-48-40-35(52-39(45)29-19-11-4-12-20-29)34(51-38(44)28-17-9-3-10-18-28)33(50-37(43)27-15-7-2-8-16-27)32(49-40)25-47-36(42)26-13-5-1-6-14-26/h1-20,22-23,32-35,40H,21,24-25H2/t32-,33+,34+,35-,40-/m1/s1. The first kappa shape index (κ1) is 35.7. The van der Waals surface area contributed by atoms with E-state index < -0.39 is 67.9 Å². The summed E-state index contributed by atoms with van der Waals surface area (Å²) >= 11 is 0. The topological polar surface area (TPSA) is 137 Å². The largest absolute Gasteiger partial charge is 0.472 e. The first-order valence-corrected chi connectivity index (χ1v) is 16.3. The number of esters is 4. The molecule has 11 nitrogen and oxygen atoms in total. The zero-order valence-electron chi connectivity index (χ0n) is 27.6. The Labute approximate surface area is 297 Å². The van der Waals surface area contributed by atoms with Crippen LogP contribution in [0.1, 0.15) is 52.6 Å². The molecule has 6 rings (SSSR count). The Bertz CT molecular complexity index is 1930. The van der Waals surface area contributed by atoms with Gasteiger partial charge in [-0.2, -0.15) is 0 Å². The number of ether oxygens (including phenoxy) is 6. The van der Waals surface area contributed by atoms with Gasteiger partial charge < -0.3 is 32.8 Å². The van der Waals surface area contributed by atoms with Crippen molar-refractivity contribution in [1.29, 1.82) is 0 Å². The van der Waals surface area contributed by atoms with E-state index in [1.54, 1.807) is 84.9 Å². The number of alkyl halides is 1. The summed E-state index contributed by atoms with van der Waals surface area (Å²) in [6.07, 6.45) is -5.03. The Balaban J connectivity index is 1.40. The van der Waals surface area contributed by atoms with Gasteiger partial charge in [0.25, 0.3) is 0 Å². The van der Waals surface area contributed by atoms with Crippen LogP contribution >= 0.6 is 0 Å². The van der Waals surface area contributed by atoms with Crippen LogP contribution in [0.3, 0.4) is 0 Å². The van der Waals surface area contributed by atoms with E-state index in [1.807, 2.05) is 0 Å². The number of furan rings is 1. The van der Waals surface area contributed by atoms with E-state index in [4.69, 9.17) is 32.8 Å². The average Bonchev–Trinajstić information content (AvgIpc) is 3.67. The third-order valence-electron chi connectivity index (χ3n) is 8.12. The SMILES string of the molecule is O=C(OC[C@H]1O[C@@H](OCc2cocc2CF)[C@H](OC(=O)c2ccccc2)[C@@H](OC(=O)c2ccccc2)[C@H]1OC(=O)c1ccccc1)c1ccccc1. The minimum absolute atomic E-state index is 0.144. The van der Waals surface area contributed by atoms with Gasteiger partial charge in [-0.15, -0.1) is 0 Å². The molecule has 0 spiro atoms. The number of carbonyl (C=O) groups excluding carboxylic acids is 4. The Kier molecular flexibility index (Phi) is 11.8. The molecule has 4 aromatic carbocycles. The fourth-order valence-corrected chi connectivity index (χ4v) is 5.43. The molecule has 266 valence electrons. The van der Waals surface area contributed by atoms with Crippen LogP contribution in [0.25, 0.3) is 0 Å². The molecular formula is C40H33FO11. The molecule has 1 aromatic heterocycles. The van der Waals surface area contributed by atoms with Crippen molar-refractivity contribution in [1.82, 2.24) is 0 Å². The highest BCUT2D eigenvalue weighted by Gasteiger charge is 2.53. The highest BCUT2D eigenvalue weighted by molar-refractivity contribution is 5.91. The van der Waals surface area contributed by atoms with Gasteiger partial charge in [-0.1, -0.05) is 72.8 Å². The average molecular weight is 709 g/mol. The lowest BCUT2D eigenvalue weighted by Crippen LogP contribution is -2.63. The summed E-state index contributed by atoms with van der Waals surface area (Å²) in [6.45, 7) is -1.65. The molecule has 0 saturated carbocycles. The first-order chi connectivity index (χ1) is 25.4. The predicted molar refractivity (Wildman–Crippen MR) is 181 cm³/mol. The van der Waals surface area contributed by atoms with Gasteiger partial charge in [0.2, 0.25) is 0 Å². The van der Waals surface area contributed by atoms with Gasteiger partial charge in [-0.05, 0) is 48.5 Å². The lowest BCUT2D eigenvalue weighted by molar-refractivity contribution is -0.301. The van der Waals surface area contributed by atoms with E-state index in [0.29, 0.717) is 5.56 Å². The molecule has 2 heterocycles. The summed E-state index contributed by atoms with van der Waals surface area (Å²) in [7, 11) is 0. The van der Waals surface area contributed by atoms with Crippen molar-refractivity contribution in [2.75, 3.05) is 6.61 Å². The molecule has 5 atom stereocenters. The smallest absolute Gasteiger partial charge is 0.338 e. The third-order valence-corrected chi connectivity index (χ3v) is 8.12. The van der Waals surface area contributed by atoms with Crippen molar-refractivity contribution in [2.45, 2.75) is 44.0 Å². The Morgan fingerprint density at radius 3 is 1.44 bits per heavy atom. The molecule has 5 aromatic rings. The Morgan fingerprint density at radius 1 is 0.538 bits per heavy atom. The van der Waals surface area contributed by atoms with Gasteiger partial charge >= 0.3 is 23.9 Å². The lowest BCUT2D eigenvalue weighted by Gasteiger charge is -2.44. The first-order valence-electron chi connectivity index (χ1n) is 16.3. The van der Waals surface area contributed by atoms with Gasteiger partial charge in [-0.3, -0.25) is 0 Å². The maximum Gasteiger partial charge on any atom is 0.338 e. The highest BCUT2D eigenvalue weighted by Crippen LogP contribution is 2.32. The van der Waals surface area contributed by atoms with E-state index in [0.717, 1.165) is 0 Å². The minimum atomic E-state index is -1.59. The molecule has 0 radical (unpaired) electrons. The molecule has 1 aliphatic heterocycles. The number of halogens is 1. The second kappa shape index (κ2) is 17.2. The summed E-state index contributed by atoms with van der Waals surface area (Å²) in [4.78, 5) is 53.9. The molecule has 0 unspecified atom stereocenters. The summed E-state index contributed by atoms with van der Waals surface area (Å²) in [5, 5.41) is 0. The van der Waals surface area contributed by atoms with Gasteiger partial charge in [0.15, 0.2) is 24.6 Å². The summed E-state index contributed by atoms with van der Waals surface area (Å²) < 4.78 is 54.9. The molecule has 1 fully saturated rings. The maximum atomic E-state index is 13.7. The van der Waals surface area contributed by atoms with Crippen LogP contribution in [0.15, 0.2) is 138 Å². The molecule has 1 aliphatic rings. The van der Waals surface area contributed by atoms with Gasteiger partial charge in [0.1, 0.15) is 19.4 Å². The fourth-order valence-electron chi connectivity index (χ4n) is 5.43. The van der Waals surface area contributed by atoms with Crippen LogP contribution in [0.4, 0.5) is 4.39 Å². The molecule has 0 N–H and O–H groups in total. The van der Waals surface area contributed by atoms with E-state index in [1.165, 1.54) is 48.9 Å². The number of rotatable bonds is 13. The van der Waals surface area contributed by atoms with Gasteiger partial charge in [0.05, 0.1) is 41.4 Å². The summed E-state index contributed by atoms with van der Waals surface area (Å²) in [5.74, 6) is -3.22. The van der Waals surface area contributed by atoms with Crippen molar-refractivity contribution in [3.8, 4) is 0 Å². The van der Waals surface area contributed by atoms with Crippen molar-refractivity contribution in [2.24, 2.45) is 0 Å². The van der Waals surface area contributed by atoms with Gasteiger partial charge in [0, 0.05) is 11.1 Å².